The molecule has 0 bridgehead atoms. The number of ether oxygens (including phenoxy) is 1. The Morgan fingerprint density at radius 2 is 1.81 bits per heavy atom. The van der Waals surface area contributed by atoms with Gasteiger partial charge in [0.05, 0.1) is 11.1 Å². The predicted molar refractivity (Wildman–Crippen MR) is 108 cm³/mol. The number of amides is 2. The highest BCUT2D eigenvalue weighted by atomic mass is 79.9. The zero-order valence-corrected chi connectivity index (χ0v) is 18.0. The third kappa shape index (κ3) is 8.21. The molecule has 1 rings (SSSR count). The Kier molecular flexibility index (Phi) is 9.13. The molecule has 0 aromatic heterocycles. The molecule has 146 valence electrons. The van der Waals surface area contributed by atoms with Crippen molar-refractivity contribution in [3.63, 3.8) is 0 Å². The maximum Gasteiger partial charge on any atom is 0.222 e. The summed E-state index contributed by atoms with van der Waals surface area (Å²) in [7, 11) is 0. The Morgan fingerprint density at radius 3 is 2.38 bits per heavy atom. The van der Waals surface area contributed by atoms with Gasteiger partial charge in [-0.15, -0.1) is 0 Å². The minimum Gasteiger partial charge on any atom is -0.492 e. The zero-order chi connectivity index (χ0) is 19.7. The topological polar surface area (TPSA) is 67.4 Å². The second-order valence-corrected chi connectivity index (χ2v) is 8.50. The molecule has 2 N–H and O–H groups in total. The lowest BCUT2D eigenvalue weighted by atomic mass is 9.87. The van der Waals surface area contributed by atoms with Gasteiger partial charge in [-0.3, -0.25) is 9.59 Å². The number of carbonyl (C=O) groups excluding carboxylic acids is 2. The number of nitrogens with one attached hydrogen (secondary N) is 2. The summed E-state index contributed by atoms with van der Waals surface area (Å²) in [6.07, 6.45) is 1.04. The fourth-order valence-electron chi connectivity index (χ4n) is 2.18. The van der Waals surface area contributed by atoms with Gasteiger partial charge in [-0.25, -0.2) is 0 Å². The minimum absolute atomic E-state index is 0.00398. The molecule has 0 atom stereocenters. The Morgan fingerprint density at radius 1 is 1.15 bits per heavy atom. The molecule has 0 heterocycles. The van der Waals surface area contributed by atoms with Crippen LogP contribution in [0.15, 0.2) is 22.7 Å². The van der Waals surface area contributed by atoms with Crippen LogP contribution in [0.4, 0.5) is 0 Å². The van der Waals surface area contributed by atoms with Crippen LogP contribution < -0.4 is 15.4 Å². The number of hydrogen-bond acceptors (Lipinski definition) is 3. The van der Waals surface area contributed by atoms with Crippen LogP contribution >= 0.6 is 15.9 Å². The van der Waals surface area contributed by atoms with E-state index in [4.69, 9.17) is 4.74 Å². The Labute approximate surface area is 165 Å². The van der Waals surface area contributed by atoms with Gasteiger partial charge in [-0.05, 0) is 45.5 Å². The number of hydrogen-bond donors (Lipinski definition) is 2. The highest BCUT2D eigenvalue weighted by Gasteiger charge is 2.15. The van der Waals surface area contributed by atoms with Crippen LogP contribution in [0.25, 0.3) is 0 Å². The van der Waals surface area contributed by atoms with E-state index in [0.29, 0.717) is 32.5 Å². The van der Waals surface area contributed by atoms with Gasteiger partial charge in [0.1, 0.15) is 5.75 Å². The molecular weight excluding hydrogens is 396 g/mol. The van der Waals surface area contributed by atoms with E-state index in [0.717, 1.165) is 10.2 Å². The summed E-state index contributed by atoms with van der Waals surface area (Å²) in [5.74, 6) is 0.708. The van der Waals surface area contributed by atoms with Crippen LogP contribution in [-0.2, 0) is 15.0 Å². The van der Waals surface area contributed by atoms with E-state index in [1.165, 1.54) is 5.56 Å². The summed E-state index contributed by atoms with van der Waals surface area (Å²) in [4.78, 5) is 23.2. The van der Waals surface area contributed by atoms with Crippen LogP contribution in [0.3, 0.4) is 0 Å². The summed E-state index contributed by atoms with van der Waals surface area (Å²) in [5.41, 5.74) is 1.33. The average Bonchev–Trinajstić information content (AvgIpc) is 2.55. The number of benzene rings is 1. The van der Waals surface area contributed by atoms with Crippen LogP contribution in [0.1, 0.15) is 53.0 Å². The second-order valence-electron chi connectivity index (χ2n) is 7.64. The van der Waals surface area contributed by atoms with Gasteiger partial charge in [-0.1, -0.05) is 40.7 Å². The fourth-order valence-corrected chi connectivity index (χ4v) is 2.67. The first-order chi connectivity index (χ1) is 12.1. The molecule has 1 aromatic carbocycles. The molecule has 0 spiro atoms. The van der Waals surface area contributed by atoms with E-state index in [1.807, 2.05) is 19.9 Å². The maximum absolute atomic E-state index is 11.8. The van der Waals surface area contributed by atoms with Gasteiger partial charge in [0.15, 0.2) is 0 Å². The van der Waals surface area contributed by atoms with Crippen molar-refractivity contribution in [1.82, 2.24) is 10.6 Å². The van der Waals surface area contributed by atoms with Gasteiger partial charge in [0.25, 0.3) is 0 Å². The molecular formula is C20H31BrN2O3. The molecule has 0 aliphatic heterocycles. The SMILES string of the molecule is CC(C)C(=O)NCCNC(=O)CCCOc1ccc(C(C)(C)C)cc1Br. The predicted octanol–water partition coefficient (Wildman–Crippen LogP) is 3.79. The molecule has 0 aliphatic rings. The van der Waals surface area contributed by atoms with E-state index >= 15 is 0 Å². The van der Waals surface area contributed by atoms with Crippen molar-refractivity contribution in [2.24, 2.45) is 5.92 Å². The largest absolute Gasteiger partial charge is 0.492 e. The van der Waals surface area contributed by atoms with Gasteiger partial charge in [-0.2, -0.15) is 0 Å². The van der Waals surface area contributed by atoms with Crippen molar-refractivity contribution >= 4 is 27.7 Å². The van der Waals surface area contributed by atoms with Crippen LogP contribution in [0, 0.1) is 5.92 Å². The number of rotatable bonds is 9. The smallest absolute Gasteiger partial charge is 0.222 e. The molecule has 0 saturated heterocycles. The third-order valence-electron chi connectivity index (χ3n) is 3.87. The van der Waals surface area contributed by atoms with Crippen LogP contribution in [-0.4, -0.2) is 31.5 Å². The molecule has 0 aliphatic carbocycles. The summed E-state index contributed by atoms with van der Waals surface area (Å²) in [6, 6.07) is 6.11. The molecule has 1 aromatic rings. The second kappa shape index (κ2) is 10.6. The van der Waals surface area contributed by atoms with Gasteiger partial charge in [0, 0.05) is 25.4 Å². The molecule has 5 nitrogen and oxygen atoms in total. The van der Waals surface area contributed by atoms with E-state index in [1.54, 1.807) is 0 Å². The van der Waals surface area contributed by atoms with Crippen molar-refractivity contribution in [3.05, 3.63) is 28.2 Å². The van der Waals surface area contributed by atoms with Crippen molar-refractivity contribution in [2.45, 2.75) is 52.9 Å². The first-order valence-corrected chi connectivity index (χ1v) is 9.88. The molecule has 26 heavy (non-hydrogen) atoms. The van der Waals surface area contributed by atoms with Crippen molar-refractivity contribution in [3.8, 4) is 5.75 Å². The van der Waals surface area contributed by atoms with E-state index in [2.05, 4.69) is 59.5 Å². The monoisotopic (exact) mass is 426 g/mol. The average molecular weight is 427 g/mol. The highest BCUT2D eigenvalue weighted by molar-refractivity contribution is 9.10. The normalized spacial score (nSPS) is 11.3. The third-order valence-corrected chi connectivity index (χ3v) is 4.49. The lowest BCUT2D eigenvalue weighted by Crippen LogP contribution is -2.36. The highest BCUT2D eigenvalue weighted by Crippen LogP contribution is 2.31. The Balaban J connectivity index is 2.24. The molecule has 6 heteroatoms. The van der Waals surface area contributed by atoms with Crippen molar-refractivity contribution < 1.29 is 14.3 Å². The summed E-state index contributed by atoms with van der Waals surface area (Å²) in [6.45, 7) is 11.5. The van der Waals surface area contributed by atoms with Crippen LogP contribution in [0.5, 0.6) is 5.75 Å². The van der Waals surface area contributed by atoms with Crippen molar-refractivity contribution in [2.75, 3.05) is 19.7 Å². The zero-order valence-electron chi connectivity index (χ0n) is 16.4. The van der Waals surface area contributed by atoms with Crippen LogP contribution in [0.2, 0.25) is 0 Å². The summed E-state index contributed by atoms with van der Waals surface area (Å²) in [5, 5.41) is 5.56. The number of carbonyl (C=O) groups is 2. The summed E-state index contributed by atoms with van der Waals surface area (Å²) >= 11 is 3.55. The first kappa shape index (κ1) is 22.5. The quantitative estimate of drug-likeness (QED) is 0.590. The lowest BCUT2D eigenvalue weighted by molar-refractivity contribution is -0.124. The van der Waals surface area contributed by atoms with E-state index < -0.39 is 0 Å². The van der Waals surface area contributed by atoms with E-state index in [9.17, 15) is 9.59 Å². The van der Waals surface area contributed by atoms with Gasteiger partial charge < -0.3 is 15.4 Å². The van der Waals surface area contributed by atoms with E-state index in [-0.39, 0.29) is 23.1 Å². The minimum atomic E-state index is -0.0420. The fraction of sp³-hybridized carbons (Fsp3) is 0.600. The standard InChI is InChI=1S/C20H31BrN2O3/c1-14(2)19(25)23-11-10-22-18(24)7-6-12-26-17-9-8-15(13-16(17)21)20(3,4)5/h8-9,13-14H,6-7,10-12H2,1-5H3,(H,22,24)(H,23,25). The molecule has 0 radical (unpaired) electrons. The van der Waals surface area contributed by atoms with Crippen molar-refractivity contribution in [1.29, 1.82) is 0 Å². The lowest BCUT2D eigenvalue weighted by Gasteiger charge is -2.20. The maximum atomic E-state index is 11.8. The summed E-state index contributed by atoms with van der Waals surface area (Å²) < 4.78 is 6.68. The van der Waals surface area contributed by atoms with Gasteiger partial charge >= 0.3 is 0 Å². The molecule has 2 amide bonds. The Hall–Kier alpha value is -1.56. The first-order valence-electron chi connectivity index (χ1n) is 9.08. The Bertz CT molecular complexity index is 610. The molecule has 0 unspecified atom stereocenters. The molecule has 0 fully saturated rings. The molecule has 0 saturated carbocycles. The number of halogens is 1. The van der Waals surface area contributed by atoms with Gasteiger partial charge in [0.2, 0.25) is 11.8 Å².